The lowest BCUT2D eigenvalue weighted by Crippen LogP contribution is -2.23. The van der Waals surface area contributed by atoms with Gasteiger partial charge in [0, 0.05) is 22.3 Å². The molecule has 0 spiro atoms. The number of carbonyl (C=O) groups is 1. The van der Waals surface area contributed by atoms with Crippen LogP contribution in [0.1, 0.15) is 18.5 Å². The van der Waals surface area contributed by atoms with Gasteiger partial charge >= 0.3 is 0 Å². The number of rotatable bonds is 6. The number of ether oxygens (including phenoxy) is 1. The molecule has 1 N–H and O–H groups in total. The molecular weight excluding hydrogens is 384 g/mol. The van der Waals surface area contributed by atoms with Crippen molar-refractivity contribution in [2.24, 2.45) is 0 Å². The van der Waals surface area contributed by atoms with Gasteiger partial charge in [-0.05, 0) is 55.0 Å². The van der Waals surface area contributed by atoms with Gasteiger partial charge < -0.3 is 14.6 Å². The molecule has 3 aromatic carbocycles. The molecule has 0 radical (unpaired) electrons. The number of carbonyl (C=O) groups excluding carboxylic acids is 1. The van der Waals surface area contributed by atoms with E-state index < -0.39 is 0 Å². The zero-order valence-electron chi connectivity index (χ0n) is 16.0. The van der Waals surface area contributed by atoms with Gasteiger partial charge in [-0.3, -0.25) is 4.79 Å². The predicted molar refractivity (Wildman–Crippen MR) is 118 cm³/mol. The van der Waals surface area contributed by atoms with Crippen LogP contribution in [0, 0.1) is 0 Å². The first-order chi connectivity index (χ1) is 14.1. The van der Waals surface area contributed by atoms with Gasteiger partial charge in [0.1, 0.15) is 18.4 Å². The van der Waals surface area contributed by atoms with Crippen molar-refractivity contribution >= 4 is 34.1 Å². The van der Waals surface area contributed by atoms with Crippen molar-refractivity contribution in [1.29, 1.82) is 0 Å². The Labute approximate surface area is 174 Å². The number of halogens is 1. The number of hydrogen-bond donors (Lipinski definition) is 1. The third-order valence-corrected chi connectivity index (χ3v) is 5.12. The summed E-state index contributed by atoms with van der Waals surface area (Å²) in [7, 11) is 0. The third-order valence-electron chi connectivity index (χ3n) is 4.87. The van der Waals surface area contributed by atoms with Gasteiger partial charge in [0.05, 0.1) is 5.52 Å². The Morgan fingerprint density at radius 3 is 2.52 bits per heavy atom. The van der Waals surface area contributed by atoms with E-state index in [1.54, 1.807) is 24.3 Å². The third kappa shape index (κ3) is 4.28. The van der Waals surface area contributed by atoms with Crippen molar-refractivity contribution < 1.29 is 9.53 Å². The Hall–Kier alpha value is -3.24. The molecule has 0 aliphatic heterocycles. The summed E-state index contributed by atoms with van der Waals surface area (Å²) >= 11 is 5.91. The van der Waals surface area contributed by atoms with Crippen molar-refractivity contribution in [3.05, 3.63) is 95.6 Å². The first kappa shape index (κ1) is 19.1. The van der Waals surface area contributed by atoms with E-state index in [2.05, 4.69) is 5.32 Å². The topological polar surface area (TPSA) is 43.3 Å². The Morgan fingerprint density at radius 2 is 1.76 bits per heavy atom. The second-order valence-corrected chi connectivity index (χ2v) is 7.29. The van der Waals surface area contributed by atoms with E-state index in [0.717, 1.165) is 27.9 Å². The number of amides is 1. The highest BCUT2D eigenvalue weighted by Crippen LogP contribution is 2.29. The van der Waals surface area contributed by atoms with E-state index >= 15 is 0 Å². The van der Waals surface area contributed by atoms with E-state index in [9.17, 15) is 4.79 Å². The molecule has 5 heteroatoms. The summed E-state index contributed by atoms with van der Waals surface area (Å²) in [6, 6.07) is 24.6. The minimum absolute atomic E-state index is 0.0968. The zero-order chi connectivity index (χ0) is 20.2. The van der Waals surface area contributed by atoms with Crippen LogP contribution in [0.2, 0.25) is 5.02 Å². The summed E-state index contributed by atoms with van der Waals surface area (Å²) in [5.41, 5.74) is 2.78. The Balaban J connectivity index is 1.53. The molecule has 0 saturated heterocycles. The maximum Gasteiger partial charge on any atom is 0.247 e. The Morgan fingerprint density at radius 1 is 1.00 bits per heavy atom. The maximum absolute atomic E-state index is 12.7. The number of fused-ring (bicyclic) bond motifs is 1. The summed E-state index contributed by atoms with van der Waals surface area (Å²) in [5.74, 6) is 0.704. The second-order valence-electron chi connectivity index (χ2n) is 6.86. The fourth-order valence-corrected chi connectivity index (χ4v) is 3.39. The van der Waals surface area contributed by atoms with Gasteiger partial charge in [-0.1, -0.05) is 48.0 Å². The van der Waals surface area contributed by atoms with Crippen LogP contribution < -0.4 is 10.1 Å². The van der Waals surface area contributed by atoms with Crippen LogP contribution in [-0.4, -0.2) is 10.5 Å². The molecule has 1 heterocycles. The van der Waals surface area contributed by atoms with E-state index in [-0.39, 0.29) is 11.9 Å². The van der Waals surface area contributed by atoms with Crippen LogP contribution in [0.5, 0.6) is 5.75 Å². The van der Waals surface area contributed by atoms with Gasteiger partial charge in [-0.15, -0.1) is 0 Å². The first-order valence-electron chi connectivity index (χ1n) is 9.44. The maximum atomic E-state index is 12.7. The van der Waals surface area contributed by atoms with Crippen LogP contribution in [0.4, 0.5) is 5.69 Å². The molecule has 146 valence electrons. The van der Waals surface area contributed by atoms with Crippen molar-refractivity contribution in [2.75, 3.05) is 5.32 Å². The summed E-state index contributed by atoms with van der Waals surface area (Å²) < 4.78 is 7.99. The molecule has 1 aromatic heterocycles. The smallest absolute Gasteiger partial charge is 0.247 e. The second kappa shape index (κ2) is 8.41. The summed E-state index contributed by atoms with van der Waals surface area (Å²) in [4.78, 5) is 12.7. The highest BCUT2D eigenvalue weighted by Gasteiger charge is 2.18. The van der Waals surface area contributed by atoms with Gasteiger partial charge in [0.25, 0.3) is 0 Å². The van der Waals surface area contributed by atoms with E-state index in [4.69, 9.17) is 16.3 Å². The van der Waals surface area contributed by atoms with Gasteiger partial charge in [-0.25, -0.2) is 0 Å². The van der Waals surface area contributed by atoms with Crippen molar-refractivity contribution in [3.63, 3.8) is 0 Å². The lowest BCUT2D eigenvalue weighted by atomic mass is 10.2. The lowest BCUT2D eigenvalue weighted by Gasteiger charge is -2.16. The monoisotopic (exact) mass is 404 g/mol. The molecule has 4 aromatic rings. The molecule has 4 nitrogen and oxygen atoms in total. The average molecular weight is 405 g/mol. The molecule has 4 rings (SSSR count). The number of nitrogens with one attached hydrogen (secondary N) is 1. The minimum atomic E-state index is -0.382. The normalized spacial score (nSPS) is 11.9. The van der Waals surface area contributed by atoms with Crippen molar-refractivity contribution in [2.45, 2.75) is 19.6 Å². The highest BCUT2D eigenvalue weighted by atomic mass is 35.5. The summed E-state index contributed by atoms with van der Waals surface area (Å²) in [6.45, 7) is 2.37. The Bertz CT molecular complexity index is 1120. The van der Waals surface area contributed by atoms with Crippen LogP contribution in [0.15, 0.2) is 85.1 Å². The van der Waals surface area contributed by atoms with E-state index in [1.165, 1.54) is 0 Å². The predicted octanol–water partition coefficient (Wildman–Crippen LogP) is 6.07. The van der Waals surface area contributed by atoms with Gasteiger partial charge in [0.2, 0.25) is 5.91 Å². The summed E-state index contributed by atoms with van der Waals surface area (Å²) in [5, 5.41) is 4.55. The molecule has 0 aliphatic carbocycles. The highest BCUT2D eigenvalue weighted by molar-refractivity contribution is 6.30. The van der Waals surface area contributed by atoms with Gasteiger partial charge in [-0.2, -0.15) is 0 Å². The fourth-order valence-electron chi connectivity index (χ4n) is 3.27. The SMILES string of the molecule is CC(C(=O)Nc1ccc(Cl)cc1)n1ccc2c(OCc3ccccc3)cccc21. The van der Waals surface area contributed by atoms with E-state index in [1.807, 2.05) is 72.3 Å². The van der Waals surface area contributed by atoms with Crippen LogP contribution in [0.25, 0.3) is 10.9 Å². The van der Waals surface area contributed by atoms with Gasteiger partial charge in [0.15, 0.2) is 0 Å². The molecular formula is C24H21ClN2O2. The zero-order valence-corrected chi connectivity index (χ0v) is 16.8. The van der Waals surface area contributed by atoms with E-state index in [0.29, 0.717) is 11.6 Å². The fraction of sp³-hybridized carbons (Fsp3) is 0.125. The van der Waals surface area contributed by atoms with Crippen molar-refractivity contribution in [1.82, 2.24) is 4.57 Å². The molecule has 0 bridgehead atoms. The average Bonchev–Trinajstić information content (AvgIpc) is 3.19. The number of benzene rings is 3. The Kier molecular flexibility index (Phi) is 5.54. The molecule has 0 aliphatic rings. The molecule has 1 unspecified atom stereocenters. The number of aromatic nitrogens is 1. The standard InChI is InChI=1S/C24H21ClN2O2/c1-17(24(28)26-20-12-10-19(25)11-13-20)27-15-14-21-22(27)8-5-9-23(21)29-16-18-6-3-2-4-7-18/h2-15,17H,16H2,1H3,(H,26,28). The minimum Gasteiger partial charge on any atom is -0.488 e. The summed E-state index contributed by atoms with van der Waals surface area (Å²) in [6.07, 6.45) is 1.92. The van der Waals surface area contributed by atoms with Crippen molar-refractivity contribution in [3.8, 4) is 5.75 Å². The molecule has 1 atom stereocenters. The molecule has 0 saturated carbocycles. The molecule has 29 heavy (non-hydrogen) atoms. The van der Waals surface area contributed by atoms with Crippen LogP contribution in [-0.2, 0) is 11.4 Å². The van der Waals surface area contributed by atoms with Crippen LogP contribution in [0.3, 0.4) is 0 Å². The quantitative estimate of drug-likeness (QED) is 0.423. The van der Waals surface area contributed by atoms with Crippen LogP contribution >= 0.6 is 11.6 Å². The molecule has 1 amide bonds. The first-order valence-corrected chi connectivity index (χ1v) is 9.82. The number of hydrogen-bond acceptors (Lipinski definition) is 2. The number of anilines is 1. The number of nitrogens with zero attached hydrogens (tertiary/aromatic N) is 1. The lowest BCUT2D eigenvalue weighted by molar-refractivity contribution is -0.118. The largest absolute Gasteiger partial charge is 0.488 e. The molecule has 0 fully saturated rings.